The maximum absolute atomic E-state index is 10.7. The topological polar surface area (TPSA) is 89.8 Å². The van der Waals surface area contributed by atoms with Crippen LogP contribution in [0.25, 0.3) is 0 Å². The summed E-state index contributed by atoms with van der Waals surface area (Å²) in [4.78, 5) is 10.7. The number of piperidine rings is 1. The fourth-order valence-electron chi connectivity index (χ4n) is 1.03. The molecular weight excluding hydrogens is 150 g/mol. The number of hydrogen-bond donors (Lipinski definition) is 4. The van der Waals surface area contributed by atoms with E-state index in [2.05, 4.69) is 5.32 Å². The number of rotatable bonds is 0. The average molecular weight is 161 g/mol. The Balaban J connectivity index is 2.70. The van der Waals surface area contributed by atoms with Crippen molar-refractivity contribution in [3.63, 3.8) is 0 Å². The molecule has 0 bridgehead atoms. The summed E-state index contributed by atoms with van der Waals surface area (Å²) in [5.41, 5.74) is 0. The van der Waals surface area contributed by atoms with Crippen molar-refractivity contribution in [2.75, 3.05) is 0 Å². The molecule has 1 aliphatic rings. The van der Waals surface area contributed by atoms with E-state index in [1.54, 1.807) is 6.92 Å². The van der Waals surface area contributed by atoms with E-state index in [1.807, 2.05) is 0 Å². The van der Waals surface area contributed by atoms with Crippen LogP contribution >= 0.6 is 0 Å². The number of amides is 1. The third-order valence-corrected chi connectivity index (χ3v) is 1.82. The zero-order valence-electron chi connectivity index (χ0n) is 6.06. The van der Waals surface area contributed by atoms with E-state index in [9.17, 15) is 4.79 Å². The Morgan fingerprint density at radius 3 is 2.36 bits per heavy atom. The second-order valence-electron chi connectivity index (χ2n) is 2.72. The summed E-state index contributed by atoms with van der Waals surface area (Å²) in [6.07, 6.45) is -3.98. The van der Waals surface area contributed by atoms with Crippen LogP contribution in [0.2, 0.25) is 0 Å². The van der Waals surface area contributed by atoms with Crippen LogP contribution in [0.1, 0.15) is 6.92 Å². The van der Waals surface area contributed by atoms with Crippen LogP contribution in [-0.4, -0.2) is 45.6 Å². The minimum atomic E-state index is -1.51. The molecule has 64 valence electrons. The van der Waals surface area contributed by atoms with Gasteiger partial charge in [-0.2, -0.15) is 0 Å². The van der Waals surface area contributed by atoms with Gasteiger partial charge in [0.2, 0.25) is 0 Å². The molecule has 11 heavy (non-hydrogen) atoms. The van der Waals surface area contributed by atoms with E-state index in [0.29, 0.717) is 0 Å². The van der Waals surface area contributed by atoms with Crippen molar-refractivity contribution in [2.24, 2.45) is 0 Å². The van der Waals surface area contributed by atoms with Crippen molar-refractivity contribution >= 4 is 5.91 Å². The number of carbonyl (C=O) groups excluding carboxylic acids is 1. The summed E-state index contributed by atoms with van der Waals surface area (Å²) in [7, 11) is 0. The van der Waals surface area contributed by atoms with Crippen molar-refractivity contribution < 1.29 is 20.1 Å². The predicted molar refractivity (Wildman–Crippen MR) is 35.6 cm³/mol. The highest BCUT2D eigenvalue weighted by Gasteiger charge is 2.39. The molecule has 4 atom stereocenters. The zero-order valence-corrected chi connectivity index (χ0v) is 6.06. The Kier molecular flexibility index (Phi) is 2.12. The molecule has 5 heteroatoms. The van der Waals surface area contributed by atoms with Gasteiger partial charge in [-0.25, -0.2) is 0 Å². The zero-order chi connectivity index (χ0) is 8.59. The molecule has 0 saturated carbocycles. The summed E-state index contributed by atoms with van der Waals surface area (Å²) < 4.78 is 0. The first-order chi connectivity index (χ1) is 5.04. The fraction of sp³-hybridized carbons (Fsp3) is 0.833. The van der Waals surface area contributed by atoms with Gasteiger partial charge in [0.1, 0.15) is 12.2 Å². The molecule has 3 unspecified atom stereocenters. The summed E-state index contributed by atoms with van der Waals surface area (Å²) in [6.45, 7) is 1.55. The van der Waals surface area contributed by atoms with Gasteiger partial charge in [0.15, 0.2) is 6.10 Å². The maximum Gasteiger partial charge on any atom is 0.251 e. The van der Waals surface area contributed by atoms with Crippen LogP contribution in [0.3, 0.4) is 0 Å². The number of aliphatic hydroxyl groups is 3. The van der Waals surface area contributed by atoms with Gasteiger partial charge in [-0.15, -0.1) is 0 Å². The van der Waals surface area contributed by atoms with Gasteiger partial charge in [-0.05, 0) is 6.92 Å². The number of nitrogens with one attached hydrogen (secondary N) is 1. The molecule has 1 aliphatic heterocycles. The Labute approximate surface area is 63.7 Å². The molecule has 5 nitrogen and oxygen atoms in total. The molecule has 0 spiro atoms. The van der Waals surface area contributed by atoms with Crippen molar-refractivity contribution in [2.45, 2.75) is 31.3 Å². The second-order valence-corrected chi connectivity index (χ2v) is 2.72. The molecule has 1 amide bonds. The van der Waals surface area contributed by atoms with E-state index < -0.39 is 30.3 Å². The van der Waals surface area contributed by atoms with Crippen molar-refractivity contribution in [3.05, 3.63) is 0 Å². The second kappa shape index (κ2) is 2.77. The van der Waals surface area contributed by atoms with E-state index in [-0.39, 0.29) is 0 Å². The number of carbonyl (C=O) groups is 1. The normalized spacial score (nSPS) is 45.3. The molecule has 4 N–H and O–H groups in total. The van der Waals surface area contributed by atoms with E-state index >= 15 is 0 Å². The molecule has 1 fully saturated rings. The Hall–Kier alpha value is -0.650. The molecule has 0 aromatic rings. The molecule has 1 saturated heterocycles. The van der Waals surface area contributed by atoms with Crippen LogP contribution in [-0.2, 0) is 4.79 Å². The molecule has 0 aromatic heterocycles. The van der Waals surface area contributed by atoms with Gasteiger partial charge in [-0.1, -0.05) is 0 Å². The first-order valence-electron chi connectivity index (χ1n) is 3.38. The highest BCUT2D eigenvalue weighted by Crippen LogP contribution is 2.10. The Morgan fingerprint density at radius 2 is 1.82 bits per heavy atom. The third kappa shape index (κ3) is 1.35. The SMILES string of the molecule is CC1NC(=O)C(O)C(O)[C@@H]1O. The number of hydrogen-bond acceptors (Lipinski definition) is 4. The van der Waals surface area contributed by atoms with Crippen molar-refractivity contribution in [1.29, 1.82) is 0 Å². The van der Waals surface area contributed by atoms with Gasteiger partial charge in [0, 0.05) is 0 Å². The monoisotopic (exact) mass is 161 g/mol. The van der Waals surface area contributed by atoms with Crippen molar-refractivity contribution in [3.8, 4) is 0 Å². The quantitative estimate of drug-likeness (QED) is 0.318. The van der Waals surface area contributed by atoms with Crippen LogP contribution in [0.15, 0.2) is 0 Å². The van der Waals surface area contributed by atoms with Crippen LogP contribution < -0.4 is 5.32 Å². The third-order valence-electron chi connectivity index (χ3n) is 1.82. The van der Waals surface area contributed by atoms with Crippen LogP contribution in [0.4, 0.5) is 0 Å². The number of aliphatic hydroxyl groups excluding tert-OH is 3. The maximum atomic E-state index is 10.7. The van der Waals surface area contributed by atoms with Gasteiger partial charge >= 0.3 is 0 Å². The summed E-state index contributed by atoms with van der Waals surface area (Å²) in [6, 6.07) is -0.513. The lowest BCUT2D eigenvalue weighted by Crippen LogP contribution is -2.61. The van der Waals surface area contributed by atoms with E-state index in [1.165, 1.54) is 0 Å². The van der Waals surface area contributed by atoms with E-state index in [0.717, 1.165) is 0 Å². The Bertz CT molecular complexity index is 172. The highest BCUT2D eigenvalue weighted by molar-refractivity contribution is 5.82. The summed E-state index contributed by atoms with van der Waals surface area (Å²) in [5, 5.41) is 29.4. The summed E-state index contributed by atoms with van der Waals surface area (Å²) >= 11 is 0. The van der Waals surface area contributed by atoms with Gasteiger partial charge < -0.3 is 20.6 Å². The smallest absolute Gasteiger partial charge is 0.251 e. The molecule has 0 aromatic carbocycles. The lowest BCUT2D eigenvalue weighted by Gasteiger charge is -2.33. The first kappa shape index (κ1) is 8.45. The highest BCUT2D eigenvalue weighted by atomic mass is 16.4. The largest absolute Gasteiger partial charge is 0.388 e. The van der Waals surface area contributed by atoms with Gasteiger partial charge in [0.05, 0.1) is 6.04 Å². The Morgan fingerprint density at radius 1 is 1.27 bits per heavy atom. The average Bonchev–Trinajstić information content (AvgIpc) is 1.97. The van der Waals surface area contributed by atoms with Gasteiger partial charge in [0.25, 0.3) is 5.91 Å². The van der Waals surface area contributed by atoms with Gasteiger partial charge in [-0.3, -0.25) is 4.79 Å². The minimum absolute atomic E-state index is 0.513. The molecule has 1 heterocycles. The first-order valence-corrected chi connectivity index (χ1v) is 3.38. The van der Waals surface area contributed by atoms with Crippen molar-refractivity contribution in [1.82, 2.24) is 5.32 Å². The van der Waals surface area contributed by atoms with Crippen LogP contribution in [0, 0.1) is 0 Å². The van der Waals surface area contributed by atoms with E-state index in [4.69, 9.17) is 15.3 Å². The molecular formula is C6H11NO4. The predicted octanol–water partition coefficient (Wildman–Crippen LogP) is -2.41. The fourth-order valence-corrected chi connectivity index (χ4v) is 1.03. The molecule has 0 aliphatic carbocycles. The lowest BCUT2D eigenvalue weighted by atomic mass is 9.97. The molecule has 1 rings (SSSR count). The summed E-state index contributed by atoms with van der Waals surface area (Å²) in [5.74, 6) is -0.643. The minimum Gasteiger partial charge on any atom is -0.388 e. The standard InChI is InChI=1S/C6H11NO4/c1-2-3(8)4(9)5(10)6(11)7-2/h2-5,8-10H,1H3,(H,7,11)/t2?,3-,4?,5?/m1/s1. The molecule has 0 radical (unpaired) electrons. The lowest BCUT2D eigenvalue weighted by molar-refractivity contribution is -0.152. The van der Waals surface area contributed by atoms with Crippen LogP contribution in [0.5, 0.6) is 0 Å².